The highest BCUT2D eigenvalue weighted by atomic mass is 16.6. The lowest BCUT2D eigenvalue weighted by Crippen LogP contribution is -2.28. The van der Waals surface area contributed by atoms with Gasteiger partial charge in [-0.2, -0.15) is 0 Å². The van der Waals surface area contributed by atoms with Crippen LogP contribution in [0.3, 0.4) is 0 Å². The second-order valence-electron chi connectivity index (χ2n) is 4.12. The summed E-state index contributed by atoms with van der Waals surface area (Å²) in [6.45, 7) is 2.65. The van der Waals surface area contributed by atoms with Crippen LogP contribution >= 0.6 is 0 Å². The van der Waals surface area contributed by atoms with E-state index in [4.69, 9.17) is 15.3 Å². The fourth-order valence-electron chi connectivity index (χ4n) is 1.62. The van der Waals surface area contributed by atoms with E-state index in [1.807, 2.05) is 25.1 Å². The summed E-state index contributed by atoms with van der Waals surface area (Å²) in [6, 6.07) is 5.75. The Bertz CT molecular complexity index is 473. The van der Waals surface area contributed by atoms with Crippen LogP contribution < -0.4 is 5.73 Å². The number of hydrogen-bond acceptors (Lipinski definition) is 5. The van der Waals surface area contributed by atoms with E-state index in [9.17, 15) is 4.79 Å². The highest BCUT2D eigenvalue weighted by Crippen LogP contribution is 2.10. The Balaban J connectivity index is 1.75. The van der Waals surface area contributed by atoms with Crippen molar-refractivity contribution in [1.82, 2.24) is 4.98 Å². The fraction of sp³-hybridized carbons (Fsp3) is 0.417. The molecule has 0 radical (unpaired) electrons. The van der Waals surface area contributed by atoms with E-state index in [2.05, 4.69) is 10.1 Å². The normalized spacial score (nSPS) is 18.3. The first kappa shape index (κ1) is 12.5. The summed E-state index contributed by atoms with van der Waals surface area (Å²) < 4.78 is 5.46. The Kier molecular flexibility index (Phi) is 3.88. The number of oxime groups is 1. The Morgan fingerprint density at radius 1 is 1.56 bits per heavy atom. The van der Waals surface area contributed by atoms with Crippen LogP contribution in [-0.4, -0.2) is 29.3 Å². The molecule has 0 spiro atoms. The Morgan fingerprint density at radius 2 is 2.39 bits per heavy atom. The largest absolute Gasteiger partial charge is 0.382 e. The van der Waals surface area contributed by atoms with Gasteiger partial charge in [0.2, 0.25) is 6.10 Å². The molecule has 0 bridgehead atoms. The number of amides is 1. The number of nitrogens with two attached hydrogens (primary N) is 1. The van der Waals surface area contributed by atoms with Crippen LogP contribution in [0.25, 0.3) is 0 Å². The molecule has 0 aromatic carbocycles. The number of nitrogens with zero attached hydrogens (tertiary/aromatic N) is 2. The van der Waals surface area contributed by atoms with Gasteiger partial charge in [-0.05, 0) is 19.1 Å². The Morgan fingerprint density at radius 3 is 3.06 bits per heavy atom. The van der Waals surface area contributed by atoms with Gasteiger partial charge in [0, 0.05) is 12.1 Å². The average molecular weight is 249 g/mol. The Hall–Kier alpha value is -1.95. The summed E-state index contributed by atoms with van der Waals surface area (Å²) >= 11 is 0. The molecule has 6 nitrogen and oxygen atoms in total. The lowest BCUT2D eigenvalue weighted by atomic mass is 10.2. The number of hydrogen-bond donors (Lipinski definition) is 1. The van der Waals surface area contributed by atoms with E-state index in [-0.39, 0.29) is 0 Å². The molecule has 1 unspecified atom stereocenters. The van der Waals surface area contributed by atoms with E-state index < -0.39 is 12.0 Å². The van der Waals surface area contributed by atoms with Crippen LogP contribution in [-0.2, 0) is 21.0 Å². The molecule has 1 aromatic rings. The van der Waals surface area contributed by atoms with Gasteiger partial charge < -0.3 is 15.3 Å². The fourth-order valence-corrected chi connectivity index (χ4v) is 1.62. The van der Waals surface area contributed by atoms with E-state index >= 15 is 0 Å². The molecule has 18 heavy (non-hydrogen) atoms. The molecule has 0 saturated heterocycles. The smallest absolute Gasteiger partial charge is 0.261 e. The standard InChI is InChI=1S/C12H15N3O3/c1-8-3-2-4-9(14-8)6-17-7-10-5-11(12(13)16)18-15-10/h2-4,11H,5-7H2,1H3,(H2,13,16). The number of rotatable bonds is 5. The molecule has 1 amide bonds. The SMILES string of the molecule is Cc1cccc(COCC2=NOC(C(N)=O)C2)n1. The van der Waals surface area contributed by atoms with Crippen molar-refractivity contribution in [3.63, 3.8) is 0 Å². The summed E-state index contributed by atoms with van der Waals surface area (Å²) in [5.74, 6) is -0.505. The molecule has 96 valence electrons. The van der Waals surface area contributed by atoms with Gasteiger partial charge >= 0.3 is 0 Å². The molecule has 6 heteroatoms. The van der Waals surface area contributed by atoms with Crippen LogP contribution in [0, 0.1) is 6.92 Å². The van der Waals surface area contributed by atoms with Crippen molar-refractivity contribution in [2.75, 3.05) is 6.61 Å². The van der Waals surface area contributed by atoms with Crippen molar-refractivity contribution in [3.05, 3.63) is 29.6 Å². The third-order valence-corrected chi connectivity index (χ3v) is 2.51. The van der Waals surface area contributed by atoms with E-state index in [1.54, 1.807) is 0 Å². The van der Waals surface area contributed by atoms with Crippen LogP contribution in [0.4, 0.5) is 0 Å². The van der Waals surface area contributed by atoms with Gasteiger partial charge in [-0.15, -0.1) is 0 Å². The lowest BCUT2D eigenvalue weighted by Gasteiger charge is -2.04. The monoisotopic (exact) mass is 249 g/mol. The quantitative estimate of drug-likeness (QED) is 0.825. The number of primary amides is 1. The number of carbonyl (C=O) groups excluding carboxylic acids is 1. The van der Waals surface area contributed by atoms with Crippen molar-refractivity contribution in [2.24, 2.45) is 10.9 Å². The van der Waals surface area contributed by atoms with Gasteiger partial charge in [0.05, 0.1) is 24.6 Å². The first-order chi connectivity index (χ1) is 8.65. The number of aromatic nitrogens is 1. The summed E-state index contributed by atoms with van der Waals surface area (Å²) in [7, 11) is 0. The van der Waals surface area contributed by atoms with Crippen molar-refractivity contribution < 1.29 is 14.4 Å². The number of carbonyl (C=O) groups is 1. The molecule has 0 fully saturated rings. The van der Waals surface area contributed by atoms with Gasteiger partial charge in [0.25, 0.3) is 5.91 Å². The molecule has 2 N–H and O–H groups in total. The number of aryl methyl sites for hydroxylation is 1. The number of ether oxygens (including phenoxy) is 1. The van der Waals surface area contributed by atoms with Gasteiger partial charge in [-0.1, -0.05) is 11.2 Å². The molecule has 1 aliphatic heterocycles. The first-order valence-electron chi connectivity index (χ1n) is 5.66. The summed E-state index contributed by atoms with van der Waals surface area (Å²) in [6.07, 6.45) is -0.253. The van der Waals surface area contributed by atoms with Gasteiger partial charge in [0.15, 0.2) is 0 Å². The summed E-state index contributed by atoms with van der Waals surface area (Å²) in [4.78, 5) is 20.0. The maximum atomic E-state index is 10.9. The topological polar surface area (TPSA) is 86.8 Å². The molecule has 2 heterocycles. The van der Waals surface area contributed by atoms with E-state index in [0.717, 1.165) is 11.4 Å². The zero-order valence-electron chi connectivity index (χ0n) is 10.1. The van der Waals surface area contributed by atoms with E-state index in [1.165, 1.54) is 0 Å². The van der Waals surface area contributed by atoms with Crippen molar-refractivity contribution >= 4 is 11.6 Å². The highest BCUT2D eigenvalue weighted by Gasteiger charge is 2.25. The molecular weight excluding hydrogens is 234 g/mol. The third kappa shape index (κ3) is 3.27. The minimum atomic E-state index is -0.652. The molecule has 1 aromatic heterocycles. The van der Waals surface area contributed by atoms with Crippen molar-refractivity contribution in [3.8, 4) is 0 Å². The lowest BCUT2D eigenvalue weighted by molar-refractivity contribution is -0.127. The molecule has 1 atom stereocenters. The molecule has 2 rings (SSSR count). The minimum absolute atomic E-state index is 0.319. The predicted molar refractivity (Wildman–Crippen MR) is 64.7 cm³/mol. The second-order valence-corrected chi connectivity index (χ2v) is 4.12. The Labute approximate surface area is 105 Å². The molecule has 0 saturated carbocycles. The highest BCUT2D eigenvalue weighted by molar-refractivity contribution is 5.92. The maximum Gasteiger partial charge on any atom is 0.261 e. The summed E-state index contributed by atoms with van der Waals surface area (Å²) in [5.41, 5.74) is 7.61. The average Bonchev–Trinajstić information content (AvgIpc) is 2.78. The van der Waals surface area contributed by atoms with Crippen LogP contribution in [0.5, 0.6) is 0 Å². The van der Waals surface area contributed by atoms with Crippen molar-refractivity contribution in [1.29, 1.82) is 0 Å². The predicted octanol–water partition coefficient (Wildman–Crippen LogP) is 0.537. The molecule has 1 aliphatic rings. The third-order valence-electron chi connectivity index (χ3n) is 2.51. The van der Waals surface area contributed by atoms with Crippen molar-refractivity contribution in [2.45, 2.75) is 26.1 Å². The van der Waals surface area contributed by atoms with Gasteiger partial charge in [-0.25, -0.2) is 0 Å². The zero-order valence-corrected chi connectivity index (χ0v) is 10.1. The maximum absolute atomic E-state index is 10.9. The first-order valence-corrected chi connectivity index (χ1v) is 5.66. The van der Waals surface area contributed by atoms with Crippen LogP contribution in [0.1, 0.15) is 17.8 Å². The minimum Gasteiger partial charge on any atom is -0.382 e. The van der Waals surface area contributed by atoms with Crippen LogP contribution in [0.2, 0.25) is 0 Å². The second kappa shape index (κ2) is 5.59. The molecule has 0 aliphatic carbocycles. The van der Waals surface area contributed by atoms with Gasteiger partial charge in [0.1, 0.15) is 0 Å². The van der Waals surface area contributed by atoms with E-state index in [0.29, 0.717) is 25.3 Å². The van der Waals surface area contributed by atoms with Crippen LogP contribution in [0.15, 0.2) is 23.4 Å². The zero-order chi connectivity index (χ0) is 13.0. The van der Waals surface area contributed by atoms with Gasteiger partial charge in [-0.3, -0.25) is 9.78 Å². The molecular formula is C12H15N3O3. The summed E-state index contributed by atoms with van der Waals surface area (Å²) in [5, 5.41) is 3.76. The number of pyridine rings is 1.